The van der Waals surface area contributed by atoms with Crippen LogP contribution in [-0.2, 0) is 23.8 Å². The maximum Gasteiger partial charge on any atom is 0.509 e. The molecule has 0 aromatic heterocycles. The third-order valence-corrected chi connectivity index (χ3v) is 10.8. The van der Waals surface area contributed by atoms with Crippen LogP contribution in [-0.4, -0.2) is 53.9 Å². The molecule has 0 aromatic carbocycles. The van der Waals surface area contributed by atoms with Crippen molar-refractivity contribution < 1.29 is 46.9 Å². The van der Waals surface area contributed by atoms with E-state index in [9.17, 15) is 23.9 Å². The van der Waals surface area contributed by atoms with Crippen LogP contribution in [0.15, 0.2) is 23.6 Å². The number of hydrogen-bond acceptors (Lipinski definition) is 7. The highest BCUT2D eigenvalue weighted by Gasteiger charge is 2.78. The largest absolute Gasteiger partial charge is 0.509 e. The van der Waals surface area contributed by atoms with Crippen LogP contribution < -0.4 is 0 Å². The Kier molecular flexibility index (Phi) is 6.96. The van der Waals surface area contributed by atoms with E-state index in [4.69, 9.17) is 14.2 Å². The van der Waals surface area contributed by atoms with Crippen LogP contribution in [0.2, 0.25) is 0 Å². The number of halogens is 3. The molecule has 8 atom stereocenters. The molecule has 3 fully saturated rings. The smallest absolute Gasteiger partial charge is 0.434 e. The number of aliphatic hydroxyl groups is 1. The number of fused-ring (bicyclic) bond motifs is 5. The van der Waals surface area contributed by atoms with Crippen LogP contribution in [0, 0.1) is 34.5 Å². The molecule has 0 radical (unpaired) electrons. The van der Waals surface area contributed by atoms with Crippen LogP contribution in [0.4, 0.5) is 18.0 Å². The van der Waals surface area contributed by atoms with Gasteiger partial charge in [0.25, 0.3) is 0 Å². The van der Waals surface area contributed by atoms with E-state index in [1.54, 1.807) is 13.8 Å². The lowest BCUT2D eigenvalue weighted by Crippen LogP contribution is -2.70. The van der Waals surface area contributed by atoms with Crippen molar-refractivity contribution in [3.63, 3.8) is 0 Å². The summed E-state index contributed by atoms with van der Waals surface area (Å²) in [7, 11) is 0. The molecule has 0 amide bonds. The third-order valence-electron chi connectivity index (χ3n) is 10.8. The highest BCUT2D eigenvalue weighted by Crippen LogP contribution is 2.71. The van der Waals surface area contributed by atoms with Gasteiger partial charge in [-0.15, -0.1) is 0 Å². The van der Waals surface area contributed by atoms with Crippen molar-refractivity contribution in [1.29, 1.82) is 0 Å². The molecule has 0 aromatic rings. The molecular formula is C29H37F3O7. The number of carbonyl (C=O) groups is 3. The molecule has 0 aliphatic heterocycles. The van der Waals surface area contributed by atoms with E-state index < -0.39 is 70.8 Å². The summed E-state index contributed by atoms with van der Waals surface area (Å²) in [5.74, 6) is -4.54. The zero-order valence-electron chi connectivity index (χ0n) is 22.6. The number of allylic oxidation sites excluding steroid dienone is 4. The lowest BCUT2D eigenvalue weighted by Gasteiger charge is -2.62. The normalized spacial score (nSPS) is 43.5. The average Bonchev–Trinajstić information content (AvgIpc) is 3.47. The lowest BCUT2D eigenvalue weighted by molar-refractivity contribution is -0.230. The molecule has 5 aliphatic carbocycles. The number of alkyl halides is 2. The summed E-state index contributed by atoms with van der Waals surface area (Å²) in [4.78, 5) is 38.5. The van der Waals surface area contributed by atoms with Gasteiger partial charge >= 0.3 is 12.1 Å². The third kappa shape index (κ3) is 3.83. The van der Waals surface area contributed by atoms with Gasteiger partial charge in [-0.05, 0) is 56.1 Å². The number of ether oxygens (including phenoxy) is 3. The number of ketones is 1. The van der Waals surface area contributed by atoms with Gasteiger partial charge < -0.3 is 19.3 Å². The summed E-state index contributed by atoms with van der Waals surface area (Å²) in [6.45, 7) is 3.35. The summed E-state index contributed by atoms with van der Waals surface area (Å²) in [5.41, 5.74) is -7.42. The predicted molar refractivity (Wildman–Crippen MR) is 132 cm³/mol. The second-order valence-corrected chi connectivity index (χ2v) is 12.6. The van der Waals surface area contributed by atoms with Crippen LogP contribution in [0.5, 0.6) is 0 Å². The van der Waals surface area contributed by atoms with E-state index in [-0.39, 0.29) is 49.6 Å². The van der Waals surface area contributed by atoms with Gasteiger partial charge in [-0.1, -0.05) is 32.8 Å². The SMILES string of the molecule is C[C@@H]1C[C@H]2[C@@H]3CC(F)=C4CC(=O)C=C[C@]4(C)[C@@]3(F)[C@@H](O)C[C@]2(C)[C@@]1(OC(=O)OCC1CCCC1)C(=O)OCF. The van der Waals surface area contributed by atoms with E-state index in [1.807, 2.05) is 0 Å². The Hall–Kier alpha value is -2.36. The van der Waals surface area contributed by atoms with Crippen molar-refractivity contribution in [1.82, 2.24) is 0 Å². The summed E-state index contributed by atoms with van der Waals surface area (Å²) >= 11 is 0. The molecule has 39 heavy (non-hydrogen) atoms. The zero-order valence-corrected chi connectivity index (χ0v) is 22.6. The molecule has 3 saturated carbocycles. The molecule has 1 N–H and O–H groups in total. The molecule has 0 saturated heterocycles. The minimum Gasteiger partial charge on any atom is -0.434 e. The molecule has 7 nitrogen and oxygen atoms in total. The maximum absolute atomic E-state index is 17.4. The predicted octanol–water partition coefficient (Wildman–Crippen LogP) is 5.45. The molecule has 0 spiro atoms. The molecule has 5 aliphatic rings. The number of rotatable bonds is 5. The molecule has 0 unspecified atom stereocenters. The van der Waals surface area contributed by atoms with Crippen LogP contribution in [0.25, 0.3) is 0 Å². The fraction of sp³-hybridized carbons (Fsp3) is 0.759. The summed E-state index contributed by atoms with van der Waals surface area (Å²) in [6, 6.07) is 0. The van der Waals surface area contributed by atoms with Crippen molar-refractivity contribution in [3.05, 3.63) is 23.6 Å². The monoisotopic (exact) mass is 554 g/mol. The molecule has 0 heterocycles. The quantitative estimate of drug-likeness (QED) is 0.451. The molecule has 0 bridgehead atoms. The van der Waals surface area contributed by atoms with E-state index in [0.717, 1.165) is 25.7 Å². The van der Waals surface area contributed by atoms with E-state index in [0.29, 0.717) is 0 Å². The molecule has 216 valence electrons. The number of esters is 1. The van der Waals surface area contributed by atoms with Gasteiger partial charge in [-0.2, -0.15) is 0 Å². The first kappa shape index (κ1) is 28.2. The minimum atomic E-state index is -2.36. The Morgan fingerprint density at radius 2 is 1.85 bits per heavy atom. The van der Waals surface area contributed by atoms with Gasteiger partial charge in [0.2, 0.25) is 12.5 Å². The molecular weight excluding hydrogens is 517 g/mol. The van der Waals surface area contributed by atoms with Crippen molar-refractivity contribution in [2.75, 3.05) is 13.5 Å². The Balaban J connectivity index is 1.54. The van der Waals surface area contributed by atoms with Gasteiger partial charge in [-0.25, -0.2) is 22.8 Å². The number of hydrogen-bond donors (Lipinski definition) is 1. The van der Waals surface area contributed by atoms with Crippen LogP contribution >= 0.6 is 0 Å². The van der Waals surface area contributed by atoms with Gasteiger partial charge in [0, 0.05) is 35.5 Å². The highest BCUT2D eigenvalue weighted by atomic mass is 19.1. The topological polar surface area (TPSA) is 99.1 Å². The fourth-order valence-corrected chi connectivity index (χ4v) is 8.87. The van der Waals surface area contributed by atoms with E-state index in [2.05, 4.69) is 0 Å². The summed E-state index contributed by atoms with van der Waals surface area (Å²) < 4.78 is 62.3. The second kappa shape index (κ2) is 9.63. The van der Waals surface area contributed by atoms with E-state index in [1.165, 1.54) is 19.1 Å². The van der Waals surface area contributed by atoms with Gasteiger partial charge in [0.1, 0.15) is 5.83 Å². The first-order valence-electron chi connectivity index (χ1n) is 13.9. The van der Waals surface area contributed by atoms with Crippen LogP contribution in [0.1, 0.15) is 72.1 Å². The summed E-state index contributed by atoms with van der Waals surface area (Å²) in [6.07, 6.45) is 2.77. The Morgan fingerprint density at radius 3 is 2.51 bits per heavy atom. The van der Waals surface area contributed by atoms with Crippen molar-refractivity contribution in [2.24, 2.45) is 34.5 Å². The maximum atomic E-state index is 17.4. The van der Waals surface area contributed by atoms with Crippen molar-refractivity contribution in [3.8, 4) is 0 Å². The number of aliphatic hydroxyl groups excluding tert-OH is 1. The van der Waals surface area contributed by atoms with Crippen LogP contribution in [0.3, 0.4) is 0 Å². The first-order valence-corrected chi connectivity index (χ1v) is 13.9. The standard InChI is InChI=1S/C29H37F3O7/c1-16-10-19-20-12-22(31)21-11-18(33)8-9-26(21,2)28(20,32)23(34)13-27(19,3)29(16,24(35)38-15-30)39-25(36)37-14-17-6-4-5-7-17/h8-9,16-17,19-20,23,34H,4-7,10-15H2,1-3H3/t16-,19+,20+,23+,26+,27+,28+,29+/m1/s1. The Labute approximate surface area is 226 Å². The highest BCUT2D eigenvalue weighted by molar-refractivity contribution is 5.93. The Bertz CT molecular complexity index is 1120. The fourth-order valence-electron chi connectivity index (χ4n) is 8.87. The second-order valence-electron chi connectivity index (χ2n) is 12.6. The van der Waals surface area contributed by atoms with Crippen molar-refractivity contribution in [2.45, 2.75) is 89.5 Å². The molecule has 10 heteroatoms. The lowest BCUT2D eigenvalue weighted by atomic mass is 9.45. The van der Waals surface area contributed by atoms with Gasteiger partial charge in [-0.3, -0.25) is 4.79 Å². The molecule has 5 rings (SSSR count). The van der Waals surface area contributed by atoms with E-state index >= 15 is 8.78 Å². The minimum absolute atomic E-state index is 0.0253. The zero-order chi connectivity index (χ0) is 28.4. The van der Waals surface area contributed by atoms with Gasteiger partial charge in [0.05, 0.1) is 12.7 Å². The average molecular weight is 555 g/mol. The van der Waals surface area contributed by atoms with Gasteiger partial charge in [0.15, 0.2) is 11.5 Å². The first-order chi connectivity index (χ1) is 18.3. The summed E-state index contributed by atoms with van der Waals surface area (Å²) in [5, 5.41) is 11.5. The van der Waals surface area contributed by atoms with Crippen molar-refractivity contribution >= 4 is 17.9 Å². The number of carbonyl (C=O) groups excluding carboxylic acids is 3. The Morgan fingerprint density at radius 1 is 1.15 bits per heavy atom.